The molecule has 2 atom stereocenters. The summed E-state index contributed by atoms with van der Waals surface area (Å²) >= 11 is 0. The first-order valence-electron chi connectivity index (χ1n) is 8.15. The Morgan fingerprint density at radius 3 is 2.48 bits per heavy atom. The van der Waals surface area contributed by atoms with Gasteiger partial charge in [-0.15, -0.1) is 0 Å². The molecule has 2 unspecified atom stereocenters. The van der Waals surface area contributed by atoms with Crippen LogP contribution in [0.2, 0.25) is 0 Å². The van der Waals surface area contributed by atoms with E-state index in [-0.39, 0.29) is 0 Å². The lowest BCUT2D eigenvalue weighted by Gasteiger charge is -2.39. The lowest BCUT2D eigenvalue weighted by molar-refractivity contribution is 0.0628. The third-order valence-corrected chi connectivity index (χ3v) is 4.84. The zero-order valence-corrected chi connectivity index (χ0v) is 13.1. The van der Waals surface area contributed by atoms with Crippen molar-refractivity contribution in [2.45, 2.75) is 31.3 Å². The van der Waals surface area contributed by atoms with Gasteiger partial charge in [0.15, 0.2) is 0 Å². The second kappa shape index (κ2) is 6.88. The van der Waals surface area contributed by atoms with Crippen LogP contribution in [-0.4, -0.2) is 59.3 Å². The first-order chi connectivity index (χ1) is 11.2. The van der Waals surface area contributed by atoms with Gasteiger partial charge in [0.1, 0.15) is 0 Å². The second-order valence-corrected chi connectivity index (χ2v) is 6.28. The van der Waals surface area contributed by atoms with Gasteiger partial charge in [-0.3, -0.25) is 4.90 Å². The van der Waals surface area contributed by atoms with Gasteiger partial charge in [0.2, 0.25) is 0 Å². The number of fused-ring (bicyclic) bond motifs is 2. The van der Waals surface area contributed by atoms with Crippen molar-refractivity contribution < 1.29 is 9.90 Å². The van der Waals surface area contributed by atoms with Gasteiger partial charge >= 0.3 is 6.09 Å². The number of amides is 1. The van der Waals surface area contributed by atoms with E-state index >= 15 is 0 Å². The van der Waals surface area contributed by atoms with Crippen LogP contribution < -0.4 is 5.32 Å². The molecule has 1 aromatic rings. The molecule has 3 rings (SSSR count). The minimum absolute atomic E-state index is 0.389. The summed E-state index contributed by atoms with van der Waals surface area (Å²) in [6, 6.07) is 10.4. The average Bonchev–Trinajstić information content (AvgIpc) is 2.80. The van der Waals surface area contributed by atoms with Crippen molar-refractivity contribution in [1.82, 2.24) is 9.80 Å². The van der Waals surface area contributed by atoms with Crippen molar-refractivity contribution in [2.75, 3.05) is 31.5 Å². The number of nitrogens with zero attached hydrogens (tertiary/aromatic N) is 3. The molecule has 1 aromatic carbocycles. The number of rotatable bonds is 5. The third kappa shape index (κ3) is 3.57. The molecule has 2 fully saturated rings. The van der Waals surface area contributed by atoms with Crippen LogP contribution in [0.5, 0.6) is 0 Å². The van der Waals surface area contributed by atoms with E-state index in [0.717, 1.165) is 38.0 Å². The lowest BCUT2D eigenvalue weighted by atomic mass is 10.2. The summed E-state index contributed by atoms with van der Waals surface area (Å²) < 4.78 is 0. The molecule has 2 N–H and O–H groups in total. The van der Waals surface area contributed by atoms with Gasteiger partial charge in [0.25, 0.3) is 0 Å². The number of nitrogens with one attached hydrogen (secondary N) is 1. The van der Waals surface area contributed by atoms with Crippen molar-refractivity contribution in [1.29, 1.82) is 5.26 Å². The van der Waals surface area contributed by atoms with E-state index in [1.54, 1.807) is 4.90 Å². The number of piperazine rings is 1. The van der Waals surface area contributed by atoms with Gasteiger partial charge < -0.3 is 15.3 Å². The molecule has 0 spiro atoms. The molecule has 122 valence electrons. The maximum absolute atomic E-state index is 11.1. The largest absolute Gasteiger partial charge is 0.465 e. The number of nitriles is 1. The highest BCUT2D eigenvalue weighted by molar-refractivity contribution is 5.65. The maximum Gasteiger partial charge on any atom is 0.407 e. The van der Waals surface area contributed by atoms with E-state index in [1.165, 1.54) is 0 Å². The Morgan fingerprint density at radius 1 is 1.26 bits per heavy atom. The fraction of sp³-hybridized carbons (Fsp3) is 0.529. The standard InChI is InChI=1S/C17H22N4O2/c18-10-13-2-4-14(5-3-13)19-8-1-9-21-15-6-7-16(21)12-20(11-15)17(22)23/h2-5,15-16,19H,1,6-9,11-12H2,(H,22,23). The Hall–Kier alpha value is -2.26. The summed E-state index contributed by atoms with van der Waals surface area (Å²) in [5, 5.41) is 21.3. The molecule has 2 bridgehead atoms. The van der Waals surface area contributed by atoms with E-state index in [4.69, 9.17) is 10.4 Å². The Balaban J connectivity index is 1.43. The first kappa shape index (κ1) is 15.6. The van der Waals surface area contributed by atoms with Gasteiger partial charge in [-0.1, -0.05) is 0 Å². The van der Waals surface area contributed by atoms with Gasteiger partial charge in [-0.25, -0.2) is 4.79 Å². The summed E-state index contributed by atoms with van der Waals surface area (Å²) in [6.45, 7) is 3.18. The Bertz CT molecular complexity index is 582. The molecule has 0 aromatic heterocycles. The lowest BCUT2D eigenvalue weighted by Crippen LogP contribution is -2.55. The molecule has 2 heterocycles. The highest BCUT2D eigenvalue weighted by atomic mass is 16.4. The molecule has 0 aliphatic carbocycles. The van der Waals surface area contributed by atoms with Crippen LogP contribution in [0.3, 0.4) is 0 Å². The average molecular weight is 314 g/mol. The van der Waals surface area contributed by atoms with Gasteiger partial charge in [0.05, 0.1) is 11.6 Å². The Labute approximate surface area is 136 Å². The maximum atomic E-state index is 11.1. The zero-order chi connectivity index (χ0) is 16.2. The highest BCUT2D eigenvalue weighted by Crippen LogP contribution is 2.30. The Kier molecular flexibility index (Phi) is 4.68. The van der Waals surface area contributed by atoms with Crippen molar-refractivity contribution in [2.24, 2.45) is 0 Å². The minimum atomic E-state index is -0.788. The van der Waals surface area contributed by atoms with Crippen molar-refractivity contribution >= 4 is 11.8 Å². The highest BCUT2D eigenvalue weighted by Gasteiger charge is 2.40. The number of anilines is 1. The van der Waals surface area contributed by atoms with E-state index in [9.17, 15) is 4.79 Å². The number of hydrogen-bond donors (Lipinski definition) is 2. The van der Waals surface area contributed by atoms with Crippen LogP contribution >= 0.6 is 0 Å². The summed E-state index contributed by atoms with van der Waals surface area (Å²) in [5.74, 6) is 0. The summed E-state index contributed by atoms with van der Waals surface area (Å²) in [6.07, 6.45) is 2.46. The topological polar surface area (TPSA) is 79.6 Å². The van der Waals surface area contributed by atoms with Gasteiger partial charge in [-0.05, 0) is 43.5 Å². The molecule has 0 radical (unpaired) electrons. The molecular formula is C17H22N4O2. The summed E-state index contributed by atoms with van der Waals surface area (Å²) in [4.78, 5) is 15.2. The molecule has 6 nitrogen and oxygen atoms in total. The van der Waals surface area contributed by atoms with Crippen LogP contribution in [-0.2, 0) is 0 Å². The fourth-order valence-corrected chi connectivity index (χ4v) is 3.67. The number of likely N-dealkylation sites (tertiary alicyclic amines) is 1. The zero-order valence-electron chi connectivity index (χ0n) is 13.1. The smallest absolute Gasteiger partial charge is 0.407 e. The first-order valence-corrected chi connectivity index (χ1v) is 8.15. The predicted octanol–water partition coefficient (Wildman–Crippen LogP) is 2.19. The van der Waals surface area contributed by atoms with Crippen molar-refractivity contribution in [3.05, 3.63) is 29.8 Å². The van der Waals surface area contributed by atoms with Crippen molar-refractivity contribution in [3.63, 3.8) is 0 Å². The van der Waals surface area contributed by atoms with E-state index in [2.05, 4.69) is 16.3 Å². The van der Waals surface area contributed by atoms with Crippen molar-refractivity contribution in [3.8, 4) is 6.07 Å². The third-order valence-electron chi connectivity index (χ3n) is 4.84. The van der Waals surface area contributed by atoms with E-state index in [1.807, 2.05) is 24.3 Å². The number of benzene rings is 1. The molecular weight excluding hydrogens is 292 g/mol. The number of carbonyl (C=O) groups is 1. The SMILES string of the molecule is N#Cc1ccc(NCCCN2C3CCC2CN(C(=O)O)C3)cc1. The fourth-order valence-electron chi connectivity index (χ4n) is 3.67. The molecule has 2 aliphatic rings. The Morgan fingerprint density at radius 2 is 1.91 bits per heavy atom. The quantitative estimate of drug-likeness (QED) is 0.814. The summed E-state index contributed by atoms with van der Waals surface area (Å²) in [7, 11) is 0. The molecule has 2 saturated heterocycles. The predicted molar refractivity (Wildman–Crippen MR) is 87.4 cm³/mol. The van der Waals surface area contributed by atoms with E-state index in [0.29, 0.717) is 30.7 Å². The second-order valence-electron chi connectivity index (χ2n) is 6.28. The van der Waals surface area contributed by atoms with Crippen LogP contribution in [0.25, 0.3) is 0 Å². The van der Waals surface area contributed by atoms with Crippen LogP contribution in [0, 0.1) is 11.3 Å². The summed E-state index contributed by atoms with van der Waals surface area (Å²) in [5.41, 5.74) is 1.70. The van der Waals surface area contributed by atoms with Gasteiger partial charge in [0, 0.05) is 44.0 Å². The molecule has 1 amide bonds. The molecule has 23 heavy (non-hydrogen) atoms. The van der Waals surface area contributed by atoms with Crippen LogP contribution in [0.1, 0.15) is 24.8 Å². The minimum Gasteiger partial charge on any atom is -0.465 e. The number of hydrogen-bond acceptors (Lipinski definition) is 4. The number of carboxylic acid groups (broad SMARTS) is 1. The molecule has 2 aliphatic heterocycles. The van der Waals surface area contributed by atoms with Crippen LogP contribution in [0.15, 0.2) is 24.3 Å². The monoisotopic (exact) mass is 314 g/mol. The van der Waals surface area contributed by atoms with Gasteiger partial charge in [-0.2, -0.15) is 5.26 Å². The van der Waals surface area contributed by atoms with Crippen LogP contribution in [0.4, 0.5) is 10.5 Å². The van der Waals surface area contributed by atoms with E-state index < -0.39 is 6.09 Å². The molecule has 0 saturated carbocycles. The molecule has 6 heteroatoms. The normalized spacial score (nSPS) is 23.5.